The van der Waals surface area contributed by atoms with Crippen LogP contribution in [0.1, 0.15) is 52.8 Å². The summed E-state index contributed by atoms with van der Waals surface area (Å²) in [6.45, 7) is 9.16. The molecule has 0 bridgehead atoms. The summed E-state index contributed by atoms with van der Waals surface area (Å²) in [5, 5.41) is 0. The third-order valence-corrected chi connectivity index (χ3v) is 8.49. The molecule has 212 valence electrons. The minimum Gasteiger partial charge on any atom is -0.115 e. The monoisotopic (exact) mass is 556 g/mol. The quantitative estimate of drug-likeness (QED) is 0.125. The van der Waals surface area contributed by atoms with Gasteiger partial charge in [-0.1, -0.05) is 141 Å². The number of allylic oxidation sites excluding steroid dienone is 4. The number of aryl methyl sites for hydroxylation is 2. The molecule has 0 saturated heterocycles. The molecule has 5 rings (SSSR count). The fourth-order valence-electron chi connectivity index (χ4n) is 6.16. The molecule has 0 heterocycles. The molecule has 5 aromatic rings. The average molecular weight is 557 g/mol. The molecule has 0 heteroatoms. The van der Waals surface area contributed by atoms with E-state index in [1.165, 1.54) is 61.2 Å². The van der Waals surface area contributed by atoms with Crippen molar-refractivity contribution in [2.75, 3.05) is 0 Å². The summed E-state index contributed by atoms with van der Waals surface area (Å²) in [5.41, 5.74) is 14.2. The predicted molar refractivity (Wildman–Crippen MR) is 185 cm³/mol. The van der Waals surface area contributed by atoms with Gasteiger partial charge in [0, 0.05) is 5.41 Å². The van der Waals surface area contributed by atoms with Crippen LogP contribution in [-0.2, 0) is 18.3 Å². The van der Waals surface area contributed by atoms with Gasteiger partial charge in [-0.25, -0.2) is 0 Å². The molecule has 0 saturated carbocycles. The van der Waals surface area contributed by atoms with Crippen LogP contribution >= 0.6 is 0 Å². The molecule has 0 fully saturated rings. The van der Waals surface area contributed by atoms with Gasteiger partial charge in [-0.15, -0.1) is 6.42 Å². The molecule has 43 heavy (non-hydrogen) atoms. The summed E-state index contributed by atoms with van der Waals surface area (Å²) in [5.74, 6) is 2.54. The molecular formula is C43H40. The Morgan fingerprint density at radius 2 is 1.33 bits per heavy atom. The minimum absolute atomic E-state index is 0.161. The van der Waals surface area contributed by atoms with Crippen LogP contribution in [0.4, 0.5) is 0 Å². The van der Waals surface area contributed by atoms with Gasteiger partial charge in [0.15, 0.2) is 0 Å². The molecule has 5 aromatic carbocycles. The summed E-state index contributed by atoms with van der Waals surface area (Å²) >= 11 is 0. The lowest BCUT2D eigenvalue weighted by atomic mass is 9.73. The van der Waals surface area contributed by atoms with E-state index < -0.39 is 0 Å². The van der Waals surface area contributed by atoms with Gasteiger partial charge in [-0.3, -0.25) is 0 Å². The zero-order valence-corrected chi connectivity index (χ0v) is 25.8. The second-order valence-corrected chi connectivity index (χ2v) is 11.8. The van der Waals surface area contributed by atoms with E-state index >= 15 is 0 Å². The van der Waals surface area contributed by atoms with Crippen molar-refractivity contribution in [1.29, 1.82) is 0 Å². The van der Waals surface area contributed by atoms with Gasteiger partial charge in [0.05, 0.1) is 0 Å². The van der Waals surface area contributed by atoms with Gasteiger partial charge in [-0.05, 0) is 106 Å². The smallest absolute Gasteiger partial charge is 0.0152 e. The van der Waals surface area contributed by atoms with Crippen molar-refractivity contribution in [3.63, 3.8) is 0 Å². The second-order valence-electron chi connectivity index (χ2n) is 11.8. The Kier molecular flexibility index (Phi) is 9.24. The Labute approximate surface area is 258 Å². The minimum atomic E-state index is -0.161. The van der Waals surface area contributed by atoms with Crippen LogP contribution in [0, 0.1) is 26.2 Å². The number of benzene rings is 5. The number of hydrogen-bond donors (Lipinski definition) is 0. The molecule has 0 unspecified atom stereocenters. The van der Waals surface area contributed by atoms with Crippen LogP contribution in [0.15, 0.2) is 140 Å². The third-order valence-electron chi connectivity index (χ3n) is 8.49. The van der Waals surface area contributed by atoms with Crippen molar-refractivity contribution in [3.8, 4) is 34.6 Å². The molecule has 0 nitrogen and oxygen atoms in total. The highest BCUT2D eigenvalue weighted by molar-refractivity contribution is 5.78. The van der Waals surface area contributed by atoms with E-state index in [0.717, 1.165) is 12.8 Å². The summed E-state index contributed by atoms with van der Waals surface area (Å²) in [4.78, 5) is 0. The molecule has 0 N–H and O–H groups in total. The van der Waals surface area contributed by atoms with E-state index in [0.29, 0.717) is 0 Å². The van der Waals surface area contributed by atoms with Crippen molar-refractivity contribution in [2.45, 2.75) is 46.0 Å². The Balaban J connectivity index is 1.59. The molecule has 0 aliphatic rings. The maximum atomic E-state index is 5.34. The Morgan fingerprint density at radius 3 is 2.12 bits per heavy atom. The lowest BCUT2D eigenvalue weighted by Gasteiger charge is -2.31. The average Bonchev–Trinajstić information content (AvgIpc) is 3.02. The van der Waals surface area contributed by atoms with E-state index in [4.69, 9.17) is 6.42 Å². The summed E-state index contributed by atoms with van der Waals surface area (Å²) in [6, 6.07) is 42.3. The normalized spacial score (nSPS) is 11.7. The summed E-state index contributed by atoms with van der Waals surface area (Å²) < 4.78 is 0. The van der Waals surface area contributed by atoms with Crippen LogP contribution in [0.2, 0.25) is 0 Å². The highest BCUT2D eigenvalue weighted by Gasteiger charge is 2.28. The van der Waals surface area contributed by atoms with E-state index in [-0.39, 0.29) is 5.41 Å². The van der Waals surface area contributed by atoms with Gasteiger partial charge >= 0.3 is 0 Å². The van der Waals surface area contributed by atoms with Crippen LogP contribution in [0.3, 0.4) is 0 Å². The van der Waals surface area contributed by atoms with Crippen LogP contribution < -0.4 is 0 Å². The van der Waals surface area contributed by atoms with Gasteiger partial charge in [0.25, 0.3) is 0 Å². The van der Waals surface area contributed by atoms with Crippen LogP contribution in [0.5, 0.6) is 0 Å². The highest BCUT2D eigenvalue weighted by atomic mass is 14.3. The van der Waals surface area contributed by atoms with Gasteiger partial charge < -0.3 is 0 Å². The maximum absolute atomic E-state index is 5.34. The lowest BCUT2D eigenvalue weighted by molar-refractivity contribution is 0.629. The second kappa shape index (κ2) is 13.4. The summed E-state index contributed by atoms with van der Waals surface area (Å²) in [7, 11) is 0. The Bertz CT molecular complexity index is 1810. The molecule has 0 spiro atoms. The van der Waals surface area contributed by atoms with Gasteiger partial charge in [0.1, 0.15) is 0 Å². The first-order valence-corrected chi connectivity index (χ1v) is 15.1. The maximum Gasteiger partial charge on any atom is 0.0152 e. The van der Waals surface area contributed by atoms with Gasteiger partial charge in [0.2, 0.25) is 0 Å². The Hall–Kier alpha value is -4.86. The van der Waals surface area contributed by atoms with Gasteiger partial charge in [-0.2, -0.15) is 0 Å². The van der Waals surface area contributed by atoms with Crippen molar-refractivity contribution in [1.82, 2.24) is 0 Å². The predicted octanol–water partition coefficient (Wildman–Crippen LogP) is 10.8. The molecular weight excluding hydrogens is 516 g/mol. The first-order valence-electron chi connectivity index (χ1n) is 15.1. The SMILES string of the molecule is C#C/C=C\C=C/Cc1ccccc1-c1cc(-c2ccc(Cc3ccccc3)c(C(C)(C)c3ccccc3C)c2)ccc1C. The number of rotatable bonds is 9. The molecule has 0 atom stereocenters. The molecule has 0 amide bonds. The zero-order valence-electron chi connectivity index (χ0n) is 25.8. The highest BCUT2D eigenvalue weighted by Crippen LogP contribution is 2.39. The van der Waals surface area contributed by atoms with Crippen molar-refractivity contribution in [2.24, 2.45) is 0 Å². The lowest BCUT2D eigenvalue weighted by Crippen LogP contribution is -2.22. The van der Waals surface area contributed by atoms with E-state index in [2.05, 4.69) is 155 Å². The van der Waals surface area contributed by atoms with Crippen molar-refractivity contribution in [3.05, 3.63) is 179 Å². The molecule has 0 aliphatic heterocycles. The van der Waals surface area contributed by atoms with E-state index in [9.17, 15) is 0 Å². The van der Waals surface area contributed by atoms with Crippen molar-refractivity contribution < 1.29 is 0 Å². The fourth-order valence-corrected chi connectivity index (χ4v) is 6.16. The fraction of sp³-hybridized carbons (Fsp3) is 0.163. The number of terminal acetylenes is 1. The Morgan fingerprint density at radius 1 is 0.628 bits per heavy atom. The summed E-state index contributed by atoms with van der Waals surface area (Å²) in [6.07, 6.45) is 14.9. The van der Waals surface area contributed by atoms with E-state index in [1.54, 1.807) is 6.08 Å². The van der Waals surface area contributed by atoms with Crippen molar-refractivity contribution >= 4 is 0 Å². The molecule has 0 radical (unpaired) electrons. The first kappa shape index (κ1) is 29.6. The molecule has 0 aromatic heterocycles. The number of hydrogen-bond acceptors (Lipinski definition) is 0. The topological polar surface area (TPSA) is 0 Å². The standard InChI is InChI=1S/C43H40/c1-6-7-8-9-13-21-35-22-15-16-23-39(35)40-30-36(26-25-32(40)2)37-27-28-38(29-34-19-11-10-12-20-34)42(31-37)43(4,5)41-24-17-14-18-33(41)3/h1,7-20,22-28,30-31H,21,29H2,2-5H3/b8-7-,13-9-. The van der Waals surface area contributed by atoms with E-state index in [1.807, 2.05) is 12.2 Å². The zero-order chi connectivity index (χ0) is 30.2. The first-order chi connectivity index (χ1) is 20.9. The molecule has 0 aliphatic carbocycles. The van der Waals surface area contributed by atoms with Crippen LogP contribution in [-0.4, -0.2) is 0 Å². The largest absolute Gasteiger partial charge is 0.115 e. The third kappa shape index (κ3) is 6.80. The van der Waals surface area contributed by atoms with Crippen LogP contribution in [0.25, 0.3) is 22.3 Å².